The summed E-state index contributed by atoms with van der Waals surface area (Å²) in [7, 11) is 0. The van der Waals surface area contributed by atoms with Crippen LogP contribution in [-0.2, 0) is 20.9 Å². The third-order valence-corrected chi connectivity index (χ3v) is 4.06. The van der Waals surface area contributed by atoms with Gasteiger partial charge in [-0.05, 0) is 36.5 Å². The minimum Gasteiger partial charge on any atom is -0.452 e. The highest BCUT2D eigenvalue weighted by Gasteiger charge is 2.27. The van der Waals surface area contributed by atoms with Crippen molar-refractivity contribution in [2.45, 2.75) is 32.5 Å². The Hall–Kier alpha value is -2.09. The quantitative estimate of drug-likeness (QED) is 0.719. The highest BCUT2D eigenvalue weighted by atomic mass is 19.4. The first-order valence-corrected chi connectivity index (χ1v) is 8.43. The summed E-state index contributed by atoms with van der Waals surface area (Å²) in [5, 5.41) is 0. The van der Waals surface area contributed by atoms with Gasteiger partial charge >= 0.3 is 12.1 Å². The fourth-order valence-electron chi connectivity index (χ4n) is 2.74. The van der Waals surface area contributed by atoms with Crippen molar-refractivity contribution in [3.8, 4) is 0 Å². The van der Waals surface area contributed by atoms with Gasteiger partial charge in [-0.1, -0.05) is 19.1 Å². The van der Waals surface area contributed by atoms with Gasteiger partial charge in [0.2, 0.25) is 0 Å². The highest BCUT2D eigenvalue weighted by Crippen LogP contribution is 2.17. The van der Waals surface area contributed by atoms with Crippen molar-refractivity contribution >= 4 is 11.9 Å². The lowest BCUT2D eigenvalue weighted by Gasteiger charge is -2.30. The number of likely N-dealkylation sites (tertiary alicyclic amines) is 1. The summed E-state index contributed by atoms with van der Waals surface area (Å²) in [5.74, 6) is -0.427. The number of hydrogen-bond donors (Lipinski definition) is 0. The van der Waals surface area contributed by atoms with Gasteiger partial charge in [0.1, 0.15) is 6.61 Å². The Bertz CT molecular complexity index is 616. The molecule has 144 valence electrons. The molecule has 0 saturated carbocycles. The average molecular weight is 373 g/mol. The zero-order valence-corrected chi connectivity index (χ0v) is 14.6. The Balaban J connectivity index is 1.77. The van der Waals surface area contributed by atoms with Crippen LogP contribution < -0.4 is 0 Å². The van der Waals surface area contributed by atoms with Gasteiger partial charge in [-0.2, -0.15) is 13.2 Å². The van der Waals surface area contributed by atoms with Crippen LogP contribution in [0.4, 0.5) is 13.2 Å². The summed E-state index contributed by atoms with van der Waals surface area (Å²) in [5.41, 5.74) is 0.730. The molecule has 1 aromatic rings. The number of carbonyl (C=O) groups excluding carboxylic acids is 2. The number of hydrogen-bond acceptors (Lipinski definition) is 4. The molecule has 5 nitrogen and oxygen atoms in total. The third kappa shape index (κ3) is 6.67. The van der Waals surface area contributed by atoms with Crippen molar-refractivity contribution in [1.82, 2.24) is 4.90 Å². The van der Waals surface area contributed by atoms with Gasteiger partial charge in [-0.15, -0.1) is 0 Å². The minimum absolute atomic E-state index is 0.208. The van der Waals surface area contributed by atoms with Crippen molar-refractivity contribution in [2.75, 3.05) is 26.3 Å². The molecule has 1 heterocycles. The monoisotopic (exact) mass is 373 g/mol. The number of ether oxygens (including phenoxy) is 2. The van der Waals surface area contributed by atoms with E-state index in [1.165, 1.54) is 24.3 Å². The lowest BCUT2D eigenvalue weighted by molar-refractivity contribution is -0.176. The molecule has 0 N–H and O–H groups in total. The number of halogens is 3. The number of amides is 1. The van der Waals surface area contributed by atoms with Gasteiger partial charge in [0, 0.05) is 13.1 Å². The Morgan fingerprint density at radius 1 is 1.23 bits per heavy atom. The molecule has 1 atom stereocenters. The average Bonchev–Trinajstić information content (AvgIpc) is 2.59. The Morgan fingerprint density at radius 2 is 1.92 bits per heavy atom. The third-order valence-electron chi connectivity index (χ3n) is 4.06. The predicted octanol–water partition coefficient (Wildman–Crippen LogP) is 3.18. The van der Waals surface area contributed by atoms with E-state index < -0.39 is 18.8 Å². The van der Waals surface area contributed by atoms with Gasteiger partial charge in [0.25, 0.3) is 5.91 Å². The van der Waals surface area contributed by atoms with Gasteiger partial charge < -0.3 is 14.4 Å². The Kier molecular flexibility index (Phi) is 7.02. The highest BCUT2D eigenvalue weighted by molar-refractivity contribution is 5.91. The number of rotatable bonds is 6. The van der Waals surface area contributed by atoms with Crippen molar-refractivity contribution in [3.05, 3.63) is 35.4 Å². The van der Waals surface area contributed by atoms with E-state index in [4.69, 9.17) is 4.74 Å². The van der Waals surface area contributed by atoms with E-state index in [1.54, 1.807) is 4.90 Å². The van der Waals surface area contributed by atoms with Crippen molar-refractivity contribution in [2.24, 2.45) is 5.92 Å². The van der Waals surface area contributed by atoms with Crippen LogP contribution in [0.2, 0.25) is 0 Å². The van der Waals surface area contributed by atoms with Crippen LogP contribution in [0.15, 0.2) is 24.3 Å². The first-order valence-electron chi connectivity index (χ1n) is 8.43. The Labute approximate surface area is 150 Å². The summed E-state index contributed by atoms with van der Waals surface area (Å²) in [4.78, 5) is 25.8. The van der Waals surface area contributed by atoms with E-state index in [-0.39, 0.29) is 24.7 Å². The lowest BCUT2D eigenvalue weighted by Crippen LogP contribution is -2.41. The number of nitrogens with zero attached hydrogens (tertiary/aromatic N) is 1. The van der Waals surface area contributed by atoms with Gasteiger partial charge in [0.05, 0.1) is 12.2 Å². The van der Waals surface area contributed by atoms with Crippen LogP contribution in [0.3, 0.4) is 0 Å². The molecule has 0 radical (unpaired) electrons. The Morgan fingerprint density at radius 3 is 2.54 bits per heavy atom. The zero-order chi connectivity index (χ0) is 19.2. The maximum absolute atomic E-state index is 12.1. The molecular formula is C18H22F3NO4. The lowest BCUT2D eigenvalue weighted by atomic mass is 10.0. The van der Waals surface area contributed by atoms with Crippen molar-refractivity contribution in [1.29, 1.82) is 0 Å². The molecule has 1 amide bonds. The van der Waals surface area contributed by atoms with E-state index in [0.717, 1.165) is 12.8 Å². The smallest absolute Gasteiger partial charge is 0.411 e. The van der Waals surface area contributed by atoms with Gasteiger partial charge in [0.15, 0.2) is 6.61 Å². The number of carbonyl (C=O) groups is 2. The van der Waals surface area contributed by atoms with Crippen LogP contribution in [0.1, 0.15) is 35.7 Å². The van der Waals surface area contributed by atoms with E-state index in [0.29, 0.717) is 24.6 Å². The van der Waals surface area contributed by atoms with Crippen LogP contribution in [0.5, 0.6) is 0 Å². The van der Waals surface area contributed by atoms with E-state index in [2.05, 4.69) is 11.7 Å². The molecule has 8 heteroatoms. The van der Waals surface area contributed by atoms with Crippen LogP contribution in [-0.4, -0.2) is 49.3 Å². The second-order valence-corrected chi connectivity index (χ2v) is 6.47. The number of piperidine rings is 1. The summed E-state index contributed by atoms with van der Waals surface area (Å²) in [6.45, 7) is 1.57. The fourth-order valence-corrected chi connectivity index (χ4v) is 2.74. The molecule has 0 aliphatic carbocycles. The van der Waals surface area contributed by atoms with E-state index >= 15 is 0 Å². The molecule has 1 unspecified atom stereocenters. The maximum Gasteiger partial charge on any atom is 0.411 e. The van der Waals surface area contributed by atoms with E-state index in [9.17, 15) is 22.8 Å². The second kappa shape index (κ2) is 9.02. The first-order chi connectivity index (χ1) is 12.2. The van der Waals surface area contributed by atoms with E-state index in [1.807, 2.05) is 0 Å². The number of benzene rings is 1. The summed E-state index contributed by atoms with van der Waals surface area (Å²) in [6, 6.07) is 5.84. The number of alkyl halides is 3. The SMILES string of the molecule is CC1CCCN(C(=O)COC(=O)c2ccc(COCC(F)(F)F)cc2)C1. The summed E-state index contributed by atoms with van der Waals surface area (Å²) < 4.78 is 45.6. The number of esters is 1. The van der Waals surface area contributed by atoms with Crippen molar-refractivity contribution < 1.29 is 32.2 Å². The molecule has 1 fully saturated rings. The second-order valence-electron chi connectivity index (χ2n) is 6.47. The summed E-state index contributed by atoms with van der Waals surface area (Å²) >= 11 is 0. The molecule has 0 spiro atoms. The molecule has 1 aliphatic heterocycles. The largest absolute Gasteiger partial charge is 0.452 e. The molecule has 0 aromatic heterocycles. The summed E-state index contributed by atoms with van der Waals surface area (Å²) in [6.07, 6.45) is -2.34. The maximum atomic E-state index is 12.1. The molecule has 1 saturated heterocycles. The van der Waals surface area contributed by atoms with Crippen LogP contribution in [0.25, 0.3) is 0 Å². The van der Waals surface area contributed by atoms with Gasteiger partial charge in [-0.25, -0.2) is 4.79 Å². The zero-order valence-electron chi connectivity index (χ0n) is 14.6. The fraction of sp³-hybridized carbons (Fsp3) is 0.556. The van der Waals surface area contributed by atoms with Crippen LogP contribution >= 0.6 is 0 Å². The molecule has 26 heavy (non-hydrogen) atoms. The predicted molar refractivity (Wildman–Crippen MR) is 87.4 cm³/mol. The normalized spacial score (nSPS) is 17.8. The van der Waals surface area contributed by atoms with Crippen molar-refractivity contribution in [3.63, 3.8) is 0 Å². The van der Waals surface area contributed by atoms with Crippen LogP contribution in [0, 0.1) is 5.92 Å². The minimum atomic E-state index is -4.37. The first kappa shape index (κ1) is 20.2. The molecule has 1 aromatic carbocycles. The topological polar surface area (TPSA) is 55.8 Å². The molecular weight excluding hydrogens is 351 g/mol. The molecule has 0 bridgehead atoms. The standard InChI is InChI=1S/C18H22F3NO4/c1-13-3-2-8-22(9-13)16(23)11-26-17(24)15-6-4-14(5-7-15)10-25-12-18(19,20)21/h4-7,13H,2-3,8-12H2,1H3. The molecule has 1 aliphatic rings. The molecule has 2 rings (SSSR count). The van der Waals surface area contributed by atoms with Gasteiger partial charge in [-0.3, -0.25) is 4.79 Å².